The number of Topliss-reactive ketones (excluding diaryl/α,β-unsaturated/α-hetero) is 1. The summed E-state index contributed by atoms with van der Waals surface area (Å²) in [4.78, 5) is 12.5. The summed E-state index contributed by atoms with van der Waals surface area (Å²) in [6, 6.07) is 16.1. The van der Waals surface area contributed by atoms with Crippen molar-refractivity contribution in [3.05, 3.63) is 71.3 Å². The van der Waals surface area contributed by atoms with E-state index in [1.54, 1.807) is 37.3 Å². The Hall–Kier alpha value is -2.55. The maximum Gasteiger partial charge on any atom is 0.200 e. The summed E-state index contributed by atoms with van der Waals surface area (Å²) in [6.07, 6.45) is -0.474. The number of carbonyl (C=O) groups excluding carboxylic acids is 1. The monoisotopic (exact) mass is 266 g/mol. The number of fused-ring (bicyclic) bond motifs is 1. The third-order valence-corrected chi connectivity index (χ3v) is 3.39. The average molecular weight is 266 g/mol. The van der Waals surface area contributed by atoms with E-state index in [1.165, 1.54) is 0 Å². The Bertz CT molecular complexity index is 686. The highest BCUT2D eigenvalue weighted by Crippen LogP contribution is 2.33. The largest absolute Gasteiger partial charge is 0.507 e. The molecule has 2 aromatic carbocycles. The molecule has 0 unspecified atom stereocenters. The van der Waals surface area contributed by atoms with Gasteiger partial charge in [-0.2, -0.15) is 0 Å². The number of hydrogen-bond donors (Lipinski definition) is 1. The first-order valence-electron chi connectivity index (χ1n) is 6.47. The molecule has 0 saturated heterocycles. The molecule has 0 saturated carbocycles. The van der Waals surface area contributed by atoms with Crippen LogP contribution < -0.4 is 4.74 Å². The van der Waals surface area contributed by atoms with Crippen LogP contribution in [-0.2, 0) is 0 Å². The molecule has 100 valence electrons. The maximum atomic E-state index is 12.5. The van der Waals surface area contributed by atoms with Crippen molar-refractivity contribution in [1.29, 1.82) is 0 Å². The van der Waals surface area contributed by atoms with E-state index in [9.17, 15) is 9.90 Å². The molecule has 0 bridgehead atoms. The summed E-state index contributed by atoms with van der Waals surface area (Å²) in [6.45, 7) is 1.77. The van der Waals surface area contributed by atoms with Gasteiger partial charge in [-0.25, -0.2) is 0 Å². The van der Waals surface area contributed by atoms with Gasteiger partial charge in [0.05, 0.1) is 11.1 Å². The van der Waals surface area contributed by atoms with Crippen LogP contribution in [0.2, 0.25) is 0 Å². The lowest BCUT2D eigenvalue weighted by atomic mass is 9.93. The maximum absolute atomic E-state index is 12.5. The Labute approximate surface area is 117 Å². The Morgan fingerprint density at radius 2 is 1.70 bits per heavy atom. The lowest BCUT2D eigenvalue weighted by Gasteiger charge is -2.25. The fraction of sp³-hybridized carbons (Fsp3) is 0.118. The molecular formula is C17H14O3. The molecule has 1 N–H and O–H groups in total. The van der Waals surface area contributed by atoms with Gasteiger partial charge in [-0.1, -0.05) is 42.5 Å². The van der Waals surface area contributed by atoms with Crippen LogP contribution in [0.15, 0.2) is 60.2 Å². The number of aliphatic hydroxyl groups is 1. The molecule has 1 aliphatic rings. The van der Waals surface area contributed by atoms with Gasteiger partial charge in [0.2, 0.25) is 0 Å². The molecular weight excluding hydrogens is 252 g/mol. The van der Waals surface area contributed by atoms with Crippen molar-refractivity contribution in [1.82, 2.24) is 0 Å². The van der Waals surface area contributed by atoms with Gasteiger partial charge in [0.15, 0.2) is 5.78 Å². The van der Waals surface area contributed by atoms with Crippen LogP contribution in [-0.4, -0.2) is 17.0 Å². The summed E-state index contributed by atoms with van der Waals surface area (Å²) in [5, 5.41) is 10.4. The number of hydrogen-bond acceptors (Lipinski definition) is 3. The highest BCUT2D eigenvalue weighted by molar-refractivity contribution is 6.15. The van der Waals surface area contributed by atoms with Crippen molar-refractivity contribution in [2.45, 2.75) is 13.0 Å². The predicted octanol–water partition coefficient (Wildman–Crippen LogP) is 3.62. The molecule has 3 nitrogen and oxygen atoms in total. The van der Waals surface area contributed by atoms with Gasteiger partial charge in [0.25, 0.3) is 0 Å². The Morgan fingerprint density at radius 1 is 1.05 bits per heavy atom. The van der Waals surface area contributed by atoms with Crippen LogP contribution in [0.3, 0.4) is 0 Å². The second-order valence-electron chi connectivity index (χ2n) is 4.71. The zero-order valence-electron chi connectivity index (χ0n) is 11.0. The van der Waals surface area contributed by atoms with E-state index in [-0.39, 0.29) is 11.5 Å². The van der Waals surface area contributed by atoms with Crippen LogP contribution in [0.1, 0.15) is 22.8 Å². The summed E-state index contributed by atoms with van der Waals surface area (Å²) >= 11 is 0. The number of benzene rings is 2. The molecule has 0 aliphatic carbocycles. The first-order chi connectivity index (χ1) is 9.68. The van der Waals surface area contributed by atoms with E-state index < -0.39 is 6.10 Å². The molecule has 0 aromatic heterocycles. The van der Waals surface area contributed by atoms with Gasteiger partial charge < -0.3 is 9.84 Å². The summed E-state index contributed by atoms with van der Waals surface area (Å²) < 4.78 is 5.72. The van der Waals surface area contributed by atoms with Gasteiger partial charge >= 0.3 is 0 Å². The zero-order chi connectivity index (χ0) is 14.1. The van der Waals surface area contributed by atoms with E-state index in [1.807, 2.05) is 24.3 Å². The summed E-state index contributed by atoms with van der Waals surface area (Å²) in [5.41, 5.74) is 1.41. The molecule has 0 radical (unpaired) electrons. The molecule has 3 heteroatoms. The van der Waals surface area contributed by atoms with Crippen molar-refractivity contribution in [3.8, 4) is 5.75 Å². The molecule has 1 atom stereocenters. The van der Waals surface area contributed by atoms with Gasteiger partial charge in [0.1, 0.15) is 17.6 Å². The van der Waals surface area contributed by atoms with E-state index in [0.29, 0.717) is 22.4 Å². The fourth-order valence-electron chi connectivity index (χ4n) is 2.39. The van der Waals surface area contributed by atoms with Gasteiger partial charge in [0, 0.05) is 5.56 Å². The number of aliphatic hydroxyl groups excluding tert-OH is 1. The lowest BCUT2D eigenvalue weighted by molar-refractivity contribution is 0.0968. The molecule has 3 rings (SSSR count). The highest BCUT2D eigenvalue weighted by Gasteiger charge is 2.32. The molecule has 0 amide bonds. The first kappa shape index (κ1) is 12.5. The van der Waals surface area contributed by atoms with Crippen molar-refractivity contribution < 1.29 is 14.6 Å². The van der Waals surface area contributed by atoms with Crippen molar-refractivity contribution in [2.24, 2.45) is 0 Å². The third kappa shape index (κ3) is 1.97. The SMILES string of the molecule is C[C@H]1Oc2ccccc2C(=O)C1=C(O)c1ccccc1. The molecule has 0 spiro atoms. The standard InChI is InChI=1S/C17H14O3/c1-11-15(16(18)12-7-3-2-4-8-12)17(19)13-9-5-6-10-14(13)20-11/h2-11,18H,1H3/t11-/m1/s1. The number of ketones is 1. The molecule has 2 aromatic rings. The Kier molecular flexibility index (Phi) is 3.03. The van der Waals surface area contributed by atoms with Crippen LogP contribution in [0.5, 0.6) is 5.75 Å². The first-order valence-corrected chi connectivity index (χ1v) is 6.47. The van der Waals surface area contributed by atoms with E-state index >= 15 is 0 Å². The minimum atomic E-state index is -0.474. The second-order valence-corrected chi connectivity index (χ2v) is 4.71. The lowest BCUT2D eigenvalue weighted by Crippen LogP contribution is -2.28. The minimum Gasteiger partial charge on any atom is -0.507 e. The Morgan fingerprint density at radius 3 is 2.45 bits per heavy atom. The zero-order valence-corrected chi connectivity index (χ0v) is 11.0. The quantitative estimate of drug-likeness (QED) is 0.633. The Balaban J connectivity index is 2.14. The molecule has 1 heterocycles. The summed E-state index contributed by atoms with van der Waals surface area (Å²) in [7, 11) is 0. The van der Waals surface area contributed by atoms with E-state index in [0.717, 1.165) is 0 Å². The summed E-state index contributed by atoms with van der Waals surface area (Å²) in [5.74, 6) is 0.368. The number of carbonyl (C=O) groups is 1. The minimum absolute atomic E-state index is 0.0161. The second kappa shape index (κ2) is 4.85. The van der Waals surface area contributed by atoms with Gasteiger partial charge in [-0.3, -0.25) is 4.79 Å². The van der Waals surface area contributed by atoms with Crippen LogP contribution >= 0.6 is 0 Å². The number of para-hydroxylation sites is 1. The van der Waals surface area contributed by atoms with E-state index in [2.05, 4.69) is 0 Å². The normalized spacial score (nSPS) is 20.1. The van der Waals surface area contributed by atoms with Crippen LogP contribution in [0.4, 0.5) is 0 Å². The average Bonchev–Trinajstić information content (AvgIpc) is 2.48. The number of ether oxygens (including phenoxy) is 1. The van der Waals surface area contributed by atoms with Crippen LogP contribution in [0, 0.1) is 0 Å². The molecule has 1 aliphatic heterocycles. The highest BCUT2D eigenvalue weighted by atomic mass is 16.5. The van der Waals surface area contributed by atoms with Gasteiger partial charge in [-0.05, 0) is 19.1 Å². The third-order valence-electron chi connectivity index (χ3n) is 3.39. The molecule has 20 heavy (non-hydrogen) atoms. The van der Waals surface area contributed by atoms with Gasteiger partial charge in [-0.15, -0.1) is 0 Å². The fourth-order valence-corrected chi connectivity index (χ4v) is 2.39. The predicted molar refractivity (Wildman–Crippen MR) is 76.9 cm³/mol. The van der Waals surface area contributed by atoms with Crippen molar-refractivity contribution >= 4 is 11.5 Å². The van der Waals surface area contributed by atoms with E-state index in [4.69, 9.17) is 4.74 Å². The topological polar surface area (TPSA) is 46.5 Å². The smallest absolute Gasteiger partial charge is 0.200 e. The van der Waals surface area contributed by atoms with Crippen molar-refractivity contribution in [3.63, 3.8) is 0 Å². The molecule has 0 fully saturated rings. The number of rotatable bonds is 1. The van der Waals surface area contributed by atoms with Crippen LogP contribution in [0.25, 0.3) is 5.76 Å². The van der Waals surface area contributed by atoms with Crippen molar-refractivity contribution in [2.75, 3.05) is 0 Å².